The average molecular weight is 500 g/mol. The lowest BCUT2D eigenvalue weighted by atomic mass is 10.2. The van der Waals surface area contributed by atoms with Crippen LogP contribution in [0.25, 0.3) is 5.69 Å². The fourth-order valence-corrected chi connectivity index (χ4v) is 4.24. The highest BCUT2D eigenvalue weighted by molar-refractivity contribution is 7.12. The molecule has 176 valence electrons. The van der Waals surface area contributed by atoms with Gasteiger partial charge in [-0.25, -0.2) is 9.07 Å². The van der Waals surface area contributed by atoms with Gasteiger partial charge in [0.15, 0.2) is 0 Å². The van der Waals surface area contributed by atoms with Crippen LogP contribution in [0.2, 0.25) is 5.02 Å². The van der Waals surface area contributed by atoms with Crippen molar-refractivity contribution in [3.63, 3.8) is 0 Å². The van der Waals surface area contributed by atoms with Gasteiger partial charge in [-0.2, -0.15) is 5.10 Å². The average Bonchev–Trinajstić information content (AvgIpc) is 3.46. The van der Waals surface area contributed by atoms with E-state index in [0.717, 1.165) is 5.69 Å². The minimum Gasteiger partial charge on any atom is -0.438 e. The van der Waals surface area contributed by atoms with Crippen LogP contribution in [0.4, 0.5) is 4.39 Å². The zero-order chi connectivity index (χ0) is 24.1. The number of aryl methyl sites for hydroxylation is 1. The Morgan fingerprint density at radius 1 is 1.18 bits per heavy atom. The molecule has 0 atom stereocenters. The predicted octanol–water partition coefficient (Wildman–Crippen LogP) is 6.12. The molecule has 2 aromatic carbocycles. The first-order chi connectivity index (χ1) is 16.5. The number of hydrogen-bond donors (Lipinski definition) is 0. The van der Waals surface area contributed by atoms with Crippen molar-refractivity contribution < 1.29 is 18.7 Å². The van der Waals surface area contributed by atoms with Crippen molar-refractivity contribution in [1.82, 2.24) is 14.7 Å². The lowest BCUT2D eigenvalue weighted by Crippen LogP contribution is -2.33. The second-order valence-electron chi connectivity index (χ2n) is 7.51. The molecular formula is C25H23ClFN3O3S. The Balaban J connectivity index is 1.76. The predicted molar refractivity (Wildman–Crippen MR) is 131 cm³/mol. The largest absolute Gasteiger partial charge is 0.438 e. The Kier molecular flexibility index (Phi) is 7.62. The maximum absolute atomic E-state index is 13.9. The van der Waals surface area contributed by atoms with E-state index >= 15 is 0 Å². The number of ether oxygens (including phenoxy) is 2. The second kappa shape index (κ2) is 10.8. The molecule has 2 heterocycles. The molecule has 0 unspecified atom stereocenters. The van der Waals surface area contributed by atoms with Gasteiger partial charge in [-0.05, 0) is 54.8 Å². The summed E-state index contributed by atoms with van der Waals surface area (Å²) >= 11 is 7.45. The normalized spacial score (nSPS) is 10.9. The lowest BCUT2D eigenvalue weighted by molar-refractivity contribution is 0.0684. The zero-order valence-electron chi connectivity index (χ0n) is 18.7. The summed E-state index contributed by atoms with van der Waals surface area (Å²) in [6.07, 6.45) is 0. The van der Waals surface area contributed by atoms with Crippen LogP contribution in [0.15, 0.2) is 66.0 Å². The summed E-state index contributed by atoms with van der Waals surface area (Å²) in [5, 5.41) is 7.13. The molecule has 34 heavy (non-hydrogen) atoms. The Morgan fingerprint density at radius 2 is 1.97 bits per heavy atom. The molecule has 0 N–H and O–H groups in total. The summed E-state index contributed by atoms with van der Waals surface area (Å²) in [4.78, 5) is 15.5. The number of halogens is 2. The molecule has 9 heteroatoms. The Morgan fingerprint density at radius 3 is 2.65 bits per heavy atom. The van der Waals surface area contributed by atoms with Crippen LogP contribution < -0.4 is 4.74 Å². The fourth-order valence-electron chi connectivity index (χ4n) is 3.43. The molecule has 1 amide bonds. The lowest BCUT2D eigenvalue weighted by Gasteiger charge is -2.22. The van der Waals surface area contributed by atoms with Crippen molar-refractivity contribution in [2.24, 2.45) is 0 Å². The quantitative estimate of drug-likeness (QED) is 0.278. The van der Waals surface area contributed by atoms with Crippen molar-refractivity contribution in [1.29, 1.82) is 0 Å². The highest BCUT2D eigenvalue weighted by Crippen LogP contribution is 2.32. The molecule has 0 saturated carbocycles. The zero-order valence-corrected chi connectivity index (χ0v) is 20.3. The van der Waals surface area contributed by atoms with Crippen LogP contribution in [0.5, 0.6) is 11.6 Å². The molecule has 0 aliphatic heterocycles. The SMILES string of the molecule is COCCN(Cc1c(C)nn(-c2ccc(Cl)cc2)c1Oc1cccc(F)c1)C(=O)c1cccs1. The molecule has 0 bridgehead atoms. The molecule has 0 aliphatic rings. The van der Waals surface area contributed by atoms with Crippen LogP contribution in [0.1, 0.15) is 20.9 Å². The van der Waals surface area contributed by atoms with Crippen molar-refractivity contribution in [2.75, 3.05) is 20.3 Å². The number of carbonyl (C=O) groups is 1. The van der Waals surface area contributed by atoms with Crippen molar-refractivity contribution in [2.45, 2.75) is 13.5 Å². The van der Waals surface area contributed by atoms with Crippen LogP contribution in [0, 0.1) is 12.7 Å². The monoisotopic (exact) mass is 499 g/mol. The van der Waals surface area contributed by atoms with Gasteiger partial charge in [0.1, 0.15) is 11.6 Å². The molecule has 0 fully saturated rings. The molecule has 0 saturated heterocycles. The topological polar surface area (TPSA) is 56.6 Å². The standard InChI is InChI=1S/C25H23ClFN3O3S/c1-17-22(16-29(12-13-32-2)24(31)23-7-4-14-34-23)25(33-21-6-3-5-19(27)15-21)30(28-17)20-10-8-18(26)9-11-20/h3-11,14-15H,12-13,16H2,1-2H3. The number of hydrogen-bond acceptors (Lipinski definition) is 5. The van der Waals surface area contributed by atoms with Gasteiger partial charge in [0.05, 0.1) is 35.0 Å². The maximum atomic E-state index is 13.9. The maximum Gasteiger partial charge on any atom is 0.264 e. The van der Waals surface area contributed by atoms with Crippen molar-refractivity contribution >= 4 is 28.8 Å². The first-order valence-electron chi connectivity index (χ1n) is 10.6. The van der Waals surface area contributed by atoms with E-state index in [9.17, 15) is 9.18 Å². The van der Waals surface area contributed by atoms with E-state index in [2.05, 4.69) is 5.10 Å². The van der Waals surface area contributed by atoms with Gasteiger partial charge < -0.3 is 14.4 Å². The molecule has 6 nitrogen and oxygen atoms in total. The third-order valence-electron chi connectivity index (χ3n) is 5.15. The van der Waals surface area contributed by atoms with Gasteiger partial charge in [0.2, 0.25) is 5.88 Å². The number of rotatable bonds is 9. The highest BCUT2D eigenvalue weighted by atomic mass is 35.5. The molecular weight excluding hydrogens is 477 g/mol. The minimum absolute atomic E-state index is 0.109. The first kappa shape index (κ1) is 23.9. The Labute approximate surface area is 206 Å². The van der Waals surface area contributed by atoms with Gasteiger partial charge in [0, 0.05) is 24.7 Å². The summed E-state index contributed by atoms with van der Waals surface area (Å²) in [5.41, 5.74) is 2.11. The Hall–Kier alpha value is -3.20. The van der Waals surface area contributed by atoms with Crippen molar-refractivity contribution in [3.05, 3.63) is 93.0 Å². The van der Waals surface area contributed by atoms with E-state index in [0.29, 0.717) is 45.9 Å². The molecule has 0 spiro atoms. The number of carbonyl (C=O) groups excluding carboxylic acids is 1. The second-order valence-corrected chi connectivity index (χ2v) is 8.90. The van der Waals surface area contributed by atoms with E-state index in [1.807, 2.05) is 30.5 Å². The number of aromatic nitrogens is 2. The van der Waals surface area contributed by atoms with E-state index in [-0.39, 0.29) is 12.5 Å². The number of amides is 1. The fraction of sp³-hybridized carbons (Fsp3) is 0.200. The van der Waals surface area contributed by atoms with Gasteiger partial charge in [-0.3, -0.25) is 4.79 Å². The van der Waals surface area contributed by atoms with E-state index in [1.54, 1.807) is 47.0 Å². The van der Waals surface area contributed by atoms with E-state index in [4.69, 9.17) is 21.1 Å². The number of thiophene rings is 1. The molecule has 4 aromatic rings. The first-order valence-corrected chi connectivity index (χ1v) is 11.8. The van der Waals surface area contributed by atoms with Gasteiger partial charge in [-0.15, -0.1) is 11.3 Å². The summed E-state index contributed by atoms with van der Waals surface area (Å²) < 4.78 is 26.9. The van der Waals surface area contributed by atoms with Crippen molar-refractivity contribution in [3.8, 4) is 17.3 Å². The van der Waals surface area contributed by atoms with Crippen LogP contribution in [0.3, 0.4) is 0 Å². The van der Waals surface area contributed by atoms with Crippen LogP contribution in [-0.4, -0.2) is 40.8 Å². The number of nitrogens with zero attached hydrogens (tertiary/aromatic N) is 3. The minimum atomic E-state index is -0.414. The third kappa shape index (κ3) is 5.47. The summed E-state index contributed by atoms with van der Waals surface area (Å²) in [6.45, 7) is 2.86. The van der Waals surface area contributed by atoms with Gasteiger partial charge in [0.25, 0.3) is 5.91 Å². The third-order valence-corrected chi connectivity index (χ3v) is 6.26. The van der Waals surface area contributed by atoms with Crippen LogP contribution >= 0.6 is 22.9 Å². The highest BCUT2D eigenvalue weighted by Gasteiger charge is 2.25. The van der Waals surface area contributed by atoms with Gasteiger partial charge >= 0.3 is 0 Å². The molecule has 0 radical (unpaired) electrons. The van der Waals surface area contributed by atoms with Crippen LogP contribution in [-0.2, 0) is 11.3 Å². The summed E-state index contributed by atoms with van der Waals surface area (Å²) in [7, 11) is 1.59. The Bertz CT molecular complexity index is 1260. The molecule has 0 aliphatic carbocycles. The molecule has 4 rings (SSSR count). The van der Waals surface area contributed by atoms with Gasteiger partial charge in [-0.1, -0.05) is 23.7 Å². The molecule has 2 aromatic heterocycles. The van der Waals surface area contributed by atoms with E-state index < -0.39 is 5.82 Å². The number of benzene rings is 2. The summed E-state index contributed by atoms with van der Waals surface area (Å²) in [6, 6.07) is 16.7. The number of methoxy groups -OCH3 is 1. The smallest absolute Gasteiger partial charge is 0.264 e. The summed E-state index contributed by atoms with van der Waals surface area (Å²) in [5.74, 6) is 0.196. The van der Waals surface area contributed by atoms with E-state index in [1.165, 1.54) is 23.5 Å².